The maximum absolute atomic E-state index is 12.3. The van der Waals surface area contributed by atoms with E-state index < -0.39 is 5.91 Å². The van der Waals surface area contributed by atoms with Crippen LogP contribution in [0, 0.1) is 6.92 Å². The summed E-state index contributed by atoms with van der Waals surface area (Å²) in [7, 11) is 0. The van der Waals surface area contributed by atoms with E-state index in [1.54, 1.807) is 13.0 Å². The zero-order valence-corrected chi connectivity index (χ0v) is 13.8. The molecule has 1 unspecified atom stereocenters. The van der Waals surface area contributed by atoms with Gasteiger partial charge in [0.05, 0.1) is 12.1 Å². The highest BCUT2D eigenvalue weighted by molar-refractivity contribution is 5.94. The number of ether oxygens (including phenoxy) is 1. The summed E-state index contributed by atoms with van der Waals surface area (Å²) in [5.41, 5.74) is 1.31. The summed E-state index contributed by atoms with van der Waals surface area (Å²) in [6, 6.07) is 10.5. The van der Waals surface area contributed by atoms with Crippen molar-refractivity contribution in [2.45, 2.75) is 39.8 Å². The van der Waals surface area contributed by atoms with Crippen molar-refractivity contribution in [2.75, 3.05) is 0 Å². The molecule has 2 N–H and O–H groups in total. The molecule has 0 aliphatic carbocycles. The second kappa shape index (κ2) is 7.13. The lowest BCUT2D eigenvalue weighted by Crippen LogP contribution is -2.32. The van der Waals surface area contributed by atoms with Crippen molar-refractivity contribution >= 4 is 5.91 Å². The molecular weight excluding hydrogens is 292 g/mol. The lowest BCUT2D eigenvalue weighted by Gasteiger charge is -2.19. The van der Waals surface area contributed by atoms with Gasteiger partial charge in [0.25, 0.3) is 11.5 Å². The predicted octanol–water partition coefficient (Wildman–Crippen LogP) is 2.96. The zero-order chi connectivity index (χ0) is 17.0. The number of aromatic amines is 1. The van der Waals surface area contributed by atoms with Gasteiger partial charge in [0.15, 0.2) is 0 Å². The van der Waals surface area contributed by atoms with Gasteiger partial charge in [-0.3, -0.25) is 9.59 Å². The summed E-state index contributed by atoms with van der Waals surface area (Å²) < 4.78 is 5.77. The molecule has 0 saturated carbocycles. The van der Waals surface area contributed by atoms with Crippen LogP contribution in [0.25, 0.3) is 0 Å². The van der Waals surface area contributed by atoms with Crippen LogP contribution in [0.3, 0.4) is 0 Å². The van der Waals surface area contributed by atoms with Gasteiger partial charge < -0.3 is 15.0 Å². The third-order valence-corrected chi connectivity index (χ3v) is 3.40. The molecule has 1 aromatic carbocycles. The maximum atomic E-state index is 12.3. The van der Waals surface area contributed by atoms with Crippen molar-refractivity contribution in [3.8, 4) is 5.75 Å². The minimum absolute atomic E-state index is 0.0407. The van der Waals surface area contributed by atoms with E-state index in [0.29, 0.717) is 0 Å². The SMILES string of the molecule is Cc1ccc(C(=O)NC(C)c2ccccc2OC(C)C)c(=O)[nH]1. The van der Waals surface area contributed by atoms with Crippen LogP contribution in [-0.2, 0) is 0 Å². The van der Waals surface area contributed by atoms with E-state index in [2.05, 4.69) is 10.3 Å². The van der Waals surface area contributed by atoms with Crippen LogP contribution < -0.4 is 15.6 Å². The molecule has 0 radical (unpaired) electrons. The molecule has 1 amide bonds. The van der Waals surface area contributed by atoms with Gasteiger partial charge in [-0.2, -0.15) is 0 Å². The van der Waals surface area contributed by atoms with E-state index in [-0.39, 0.29) is 23.3 Å². The average Bonchev–Trinajstić information content (AvgIpc) is 2.46. The molecule has 2 rings (SSSR count). The van der Waals surface area contributed by atoms with Crippen LogP contribution in [0.15, 0.2) is 41.2 Å². The topological polar surface area (TPSA) is 71.2 Å². The number of carbonyl (C=O) groups is 1. The van der Waals surface area contributed by atoms with E-state index in [4.69, 9.17) is 4.74 Å². The van der Waals surface area contributed by atoms with Crippen molar-refractivity contribution in [1.29, 1.82) is 0 Å². The standard InChI is InChI=1S/C18H22N2O3/c1-11(2)23-16-8-6-5-7-14(16)13(4)20-18(22)15-10-9-12(3)19-17(15)21/h5-11,13H,1-4H3,(H,19,21)(H,20,22). The Morgan fingerprint density at radius 2 is 1.83 bits per heavy atom. The first-order valence-corrected chi connectivity index (χ1v) is 7.65. The second-order valence-electron chi connectivity index (χ2n) is 5.78. The third-order valence-electron chi connectivity index (χ3n) is 3.40. The number of pyridine rings is 1. The van der Waals surface area contributed by atoms with Crippen molar-refractivity contribution < 1.29 is 9.53 Å². The number of amides is 1. The quantitative estimate of drug-likeness (QED) is 0.891. The molecule has 0 aliphatic heterocycles. The van der Waals surface area contributed by atoms with Crippen molar-refractivity contribution in [2.24, 2.45) is 0 Å². The van der Waals surface area contributed by atoms with Gasteiger partial charge in [-0.1, -0.05) is 18.2 Å². The molecule has 122 valence electrons. The molecule has 0 spiro atoms. The molecule has 1 atom stereocenters. The van der Waals surface area contributed by atoms with Crippen molar-refractivity contribution in [3.05, 3.63) is 63.6 Å². The summed E-state index contributed by atoms with van der Waals surface area (Å²) >= 11 is 0. The lowest BCUT2D eigenvalue weighted by atomic mass is 10.1. The van der Waals surface area contributed by atoms with E-state index >= 15 is 0 Å². The summed E-state index contributed by atoms with van der Waals surface area (Å²) in [4.78, 5) is 26.8. The number of benzene rings is 1. The third kappa shape index (κ3) is 4.22. The van der Waals surface area contributed by atoms with E-state index in [1.165, 1.54) is 6.07 Å². The summed E-state index contributed by atoms with van der Waals surface area (Å²) in [6.07, 6.45) is 0.0407. The zero-order valence-electron chi connectivity index (χ0n) is 13.8. The Labute approximate surface area is 135 Å². The molecule has 0 bridgehead atoms. The summed E-state index contributed by atoms with van der Waals surface area (Å²) in [6.45, 7) is 7.53. The Morgan fingerprint density at radius 3 is 2.48 bits per heavy atom. The average molecular weight is 314 g/mol. The molecule has 0 fully saturated rings. The van der Waals surface area contributed by atoms with Crippen LogP contribution in [0.1, 0.15) is 48.4 Å². The number of para-hydroxylation sites is 1. The van der Waals surface area contributed by atoms with Crippen LogP contribution in [-0.4, -0.2) is 17.0 Å². The summed E-state index contributed by atoms with van der Waals surface area (Å²) in [5, 5.41) is 2.85. The van der Waals surface area contributed by atoms with Gasteiger partial charge >= 0.3 is 0 Å². The number of rotatable bonds is 5. The fourth-order valence-corrected chi connectivity index (χ4v) is 2.30. The van der Waals surface area contributed by atoms with Crippen LogP contribution in [0.2, 0.25) is 0 Å². The molecule has 2 aromatic rings. The van der Waals surface area contributed by atoms with Crippen molar-refractivity contribution in [1.82, 2.24) is 10.3 Å². The number of aromatic nitrogens is 1. The molecular formula is C18H22N2O3. The number of hydrogen-bond donors (Lipinski definition) is 2. The largest absolute Gasteiger partial charge is 0.491 e. The minimum atomic E-state index is -0.405. The number of aryl methyl sites for hydroxylation is 1. The van der Waals surface area contributed by atoms with Gasteiger partial charge in [0, 0.05) is 11.3 Å². The molecule has 0 aliphatic rings. The van der Waals surface area contributed by atoms with Gasteiger partial charge in [0.2, 0.25) is 0 Å². The minimum Gasteiger partial charge on any atom is -0.491 e. The Hall–Kier alpha value is -2.56. The highest BCUT2D eigenvalue weighted by atomic mass is 16.5. The molecule has 0 saturated heterocycles. The number of carbonyl (C=O) groups excluding carboxylic acids is 1. The van der Waals surface area contributed by atoms with Crippen molar-refractivity contribution in [3.63, 3.8) is 0 Å². The molecule has 23 heavy (non-hydrogen) atoms. The first-order valence-electron chi connectivity index (χ1n) is 7.65. The summed E-state index contributed by atoms with van der Waals surface area (Å²) in [5.74, 6) is 0.325. The maximum Gasteiger partial charge on any atom is 0.260 e. The Balaban J connectivity index is 2.20. The van der Waals surface area contributed by atoms with E-state index in [9.17, 15) is 9.59 Å². The Kier molecular flexibility index (Phi) is 5.21. The van der Waals surface area contributed by atoms with E-state index in [0.717, 1.165) is 17.0 Å². The van der Waals surface area contributed by atoms with Gasteiger partial charge in [-0.25, -0.2) is 0 Å². The smallest absolute Gasteiger partial charge is 0.260 e. The van der Waals surface area contributed by atoms with Crippen LogP contribution in [0.5, 0.6) is 5.75 Å². The van der Waals surface area contributed by atoms with Gasteiger partial charge in [-0.15, -0.1) is 0 Å². The van der Waals surface area contributed by atoms with Crippen LogP contribution in [0.4, 0.5) is 0 Å². The first kappa shape index (κ1) is 16.8. The highest BCUT2D eigenvalue weighted by Gasteiger charge is 2.17. The van der Waals surface area contributed by atoms with Crippen LogP contribution >= 0.6 is 0 Å². The fourth-order valence-electron chi connectivity index (χ4n) is 2.30. The van der Waals surface area contributed by atoms with Gasteiger partial charge in [-0.05, 0) is 45.9 Å². The van der Waals surface area contributed by atoms with Gasteiger partial charge in [0.1, 0.15) is 11.3 Å². The molecule has 5 heteroatoms. The molecule has 1 aromatic heterocycles. The number of hydrogen-bond acceptors (Lipinski definition) is 3. The fraction of sp³-hybridized carbons (Fsp3) is 0.333. The van der Waals surface area contributed by atoms with E-state index in [1.807, 2.05) is 45.0 Å². The predicted molar refractivity (Wildman–Crippen MR) is 89.9 cm³/mol. The highest BCUT2D eigenvalue weighted by Crippen LogP contribution is 2.25. The molecule has 1 heterocycles. The Morgan fingerprint density at radius 1 is 1.13 bits per heavy atom. The monoisotopic (exact) mass is 314 g/mol. The lowest BCUT2D eigenvalue weighted by molar-refractivity contribution is 0.0937. The first-order chi connectivity index (χ1) is 10.9. The molecule has 5 nitrogen and oxygen atoms in total. The second-order valence-corrected chi connectivity index (χ2v) is 5.78. The number of nitrogens with one attached hydrogen (secondary N) is 2. The Bertz CT molecular complexity index is 750. The normalized spacial score (nSPS) is 12.0. The number of H-pyrrole nitrogens is 1.